The van der Waals surface area contributed by atoms with Gasteiger partial charge in [-0.15, -0.1) is 0 Å². The Balaban J connectivity index is 2.11. The Labute approximate surface area is 167 Å². The first-order chi connectivity index (χ1) is 13.0. The number of amides is 1. The van der Waals surface area contributed by atoms with Crippen LogP contribution in [0, 0.1) is 13.8 Å². The number of aryl methyl sites for hydroxylation is 2. The summed E-state index contributed by atoms with van der Waals surface area (Å²) in [6.45, 7) is 7.67. The molecular weight excluding hydrogens is 376 g/mol. The van der Waals surface area contributed by atoms with Gasteiger partial charge in [0.15, 0.2) is 6.61 Å². The number of anilines is 1. The third-order valence-corrected chi connectivity index (χ3v) is 6.43. The quantitative estimate of drug-likeness (QED) is 0.764. The molecule has 28 heavy (non-hydrogen) atoms. The van der Waals surface area contributed by atoms with Crippen LogP contribution in [-0.2, 0) is 14.8 Å². The Bertz CT molecular complexity index is 966. The molecule has 0 unspecified atom stereocenters. The second kappa shape index (κ2) is 8.75. The Hall–Kier alpha value is -2.38. The van der Waals surface area contributed by atoms with E-state index in [2.05, 4.69) is 19.2 Å². The fourth-order valence-corrected chi connectivity index (χ4v) is 3.77. The molecule has 1 N–H and O–H groups in total. The Kier molecular flexibility index (Phi) is 6.85. The van der Waals surface area contributed by atoms with Crippen molar-refractivity contribution in [1.29, 1.82) is 0 Å². The zero-order valence-electron chi connectivity index (χ0n) is 17.2. The highest BCUT2D eigenvalue weighted by atomic mass is 32.2. The van der Waals surface area contributed by atoms with Crippen LogP contribution in [0.25, 0.3) is 0 Å². The normalized spacial score (nSPS) is 11.7. The van der Waals surface area contributed by atoms with Gasteiger partial charge in [-0.05, 0) is 54.7 Å². The molecule has 2 rings (SSSR count). The highest BCUT2D eigenvalue weighted by molar-refractivity contribution is 7.89. The molecule has 7 heteroatoms. The minimum absolute atomic E-state index is 0.161. The number of hydrogen-bond acceptors (Lipinski definition) is 4. The lowest BCUT2D eigenvalue weighted by molar-refractivity contribution is -0.118. The van der Waals surface area contributed by atoms with E-state index in [1.807, 2.05) is 25.1 Å². The van der Waals surface area contributed by atoms with Gasteiger partial charge in [-0.2, -0.15) is 0 Å². The van der Waals surface area contributed by atoms with Crippen LogP contribution in [0.15, 0.2) is 41.3 Å². The average Bonchev–Trinajstić information content (AvgIpc) is 2.62. The number of benzene rings is 2. The van der Waals surface area contributed by atoms with E-state index in [0.29, 0.717) is 22.9 Å². The maximum absolute atomic E-state index is 12.4. The van der Waals surface area contributed by atoms with E-state index in [9.17, 15) is 13.2 Å². The molecule has 0 saturated heterocycles. The lowest BCUT2D eigenvalue weighted by atomic mass is 10.0. The fraction of sp³-hybridized carbons (Fsp3) is 0.381. The van der Waals surface area contributed by atoms with Gasteiger partial charge in [0.05, 0.1) is 4.90 Å². The van der Waals surface area contributed by atoms with E-state index in [1.165, 1.54) is 20.2 Å². The van der Waals surface area contributed by atoms with Crippen LogP contribution in [-0.4, -0.2) is 39.3 Å². The largest absolute Gasteiger partial charge is 0.483 e. The standard InChI is InChI=1S/C21H28N2O4S/c1-14(2)17-9-7-15(3)19(11-17)27-13-21(24)22-18-10-8-16(4)20(12-18)28(25,26)23(5)6/h7-12,14H,13H2,1-6H3,(H,22,24). The lowest BCUT2D eigenvalue weighted by Crippen LogP contribution is -2.24. The van der Waals surface area contributed by atoms with Gasteiger partial charge in [0.1, 0.15) is 5.75 Å². The molecule has 0 radical (unpaired) electrons. The van der Waals surface area contributed by atoms with Crippen molar-refractivity contribution < 1.29 is 17.9 Å². The van der Waals surface area contributed by atoms with E-state index in [4.69, 9.17) is 4.74 Å². The molecule has 0 aliphatic heterocycles. The Morgan fingerprint density at radius 2 is 1.71 bits per heavy atom. The minimum atomic E-state index is -3.59. The molecule has 0 saturated carbocycles. The van der Waals surface area contributed by atoms with Gasteiger partial charge in [-0.1, -0.05) is 32.0 Å². The molecular formula is C21H28N2O4S. The maximum Gasteiger partial charge on any atom is 0.262 e. The Morgan fingerprint density at radius 1 is 1.07 bits per heavy atom. The predicted molar refractivity (Wildman–Crippen MR) is 111 cm³/mol. The van der Waals surface area contributed by atoms with Gasteiger partial charge in [0, 0.05) is 19.8 Å². The number of carbonyl (C=O) groups is 1. The highest BCUT2D eigenvalue weighted by Crippen LogP contribution is 2.25. The average molecular weight is 405 g/mol. The maximum atomic E-state index is 12.4. The molecule has 6 nitrogen and oxygen atoms in total. The number of nitrogens with zero attached hydrogens (tertiary/aromatic N) is 1. The number of hydrogen-bond donors (Lipinski definition) is 1. The lowest BCUT2D eigenvalue weighted by Gasteiger charge is -2.15. The summed E-state index contributed by atoms with van der Waals surface area (Å²) in [7, 11) is -0.642. The van der Waals surface area contributed by atoms with Crippen molar-refractivity contribution in [3.05, 3.63) is 53.1 Å². The Morgan fingerprint density at radius 3 is 2.32 bits per heavy atom. The van der Waals surface area contributed by atoms with Crippen molar-refractivity contribution in [2.24, 2.45) is 0 Å². The fourth-order valence-electron chi connectivity index (χ4n) is 2.62. The number of rotatable bonds is 7. The topological polar surface area (TPSA) is 75.7 Å². The van der Waals surface area contributed by atoms with Gasteiger partial charge in [0.2, 0.25) is 10.0 Å². The van der Waals surface area contributed by atoms with Crippen molar-refractivity contribution >= 4 is 21.6 Å². The van der Waals surface area contributed by atoms with Crippen LogP contribution in [0.3, 0.4) is 0 Å². The van der Waals surface area contributed by atoms with Crippen LogP contribution >= 0.6 is 0 Å². The molecule has 0 bridgehead atoms. The molecule has 0 spiro atoms. The summed E-state index contributed by atoms with van der Waals surface area (Å²) in [5, 5.41) is 2.70. The summed E-state index contributed by atoms with van der Waals surface area (Å²) in [6.07, 6.45) is 0. The summed E-state index contributed by atoms with van der Waals surface area (Å²) in [6, 6.07) is 10.8. The van der Waals surface area contributed by atoms with Gasteiger partial charge >= 0.3 is 0 Å². The molecule has 0 aliphatic rings. The number of nitrogens with one attached hydrogen (secondary N) is 1. The molecule has 0 fully saturated rings. The summed E-state index contributed by atoms with van der Waals surface area (Å²) in [5.74, 6) is 0.675. The van der Waals surface area contributed by atoms with Crippen molar-refractivity contribution in [1.82, 2.24) is 4.31 Å². The second-order valence-corrected chi connectivity index (χ2v) is 9.40. The van der Waals surface area contributed by atoms with Crippen LogP contribution in [0.1, 0.15) is 36.5 Å². The molecule has 0 aromatic heterocycles. The van der Waals surface area contributed by atoms with E-state index in [1.54, 1.807) is 19.1 Å². The smallest absolute Gasteiger partial charge is 0.262 e. The third-order valence-electron chi connectivity index (χ3n) is 4.47. The zero-order valence-corrected chi connectivity index (χ0v) is 18.1. The SMILES string of the molecule is Cc1ccc(C(C)C)cc1OCC(=O)Nc1ccc(C)c(S(=O)(=O)N(C)C)c1. The van der Waals surface area contributed by atoms with Crippen LogP contribution in [0.2, 0.25) is 0 Å². The summed E-state index contributed by atoms with van der Waals surface area (Å²) in [4.78, 5) is 12.5. The van der Waals surface area contributed by atoms with Gasteiger partial charge < -0.3 is 10.1 Å². The second-order valence-electron chi connectivity index (χ2n) is 7.28. The monoisotopic (exact) mass is 404 g/mol. The first-order valence-electron chi connectivity index (χ1n) is 9.08. The van der Waals surface area contributed by atoms with Crippen molar-refractivity contribution in [3.8, 4) is 5.75 Å². The first kappa shape index (κ1) is 21.9. The predicted octanol–water partition coefficient (Wildman–Crippen LogP) is 3.69. The van der Waals surface area contributed by atoms with Crippen LogP contribution < -0.4 is 10.1 Å². The molecule has 2 aromatic carbocycles. The molecule has 0 aliphatic carbocycles. The van der Waals surface area contributed by atoms with Gasteiger partial charge in [0.25, 0.3) is 5.91 Å². The molecule has 152 valence electrons. The van der Waals surface area contributed by atoms with E-state index >= 15 is 0 Å². The van der Waals surface area contributed by atoms with Gasteiger partial charge in [-0.25, -0.2) is 12.7 Å². The van der Waals surface area contributed by atoms with Gasteiger partial charge in [-0.3, -0.25) is 4.79 Å². The van der Waals surface area contributed by atoms with Crippen LogP contribution in [0.5, 0.6) is 5.75 Å². The molecule has 1 amide bonds. The van der Waals surface area contributed by atoms with Crippen LogP contribution in [0.4, 0.5) is 5.69 Å². The summed E-state index contributed by atoms with van der Waals surface area (Å²) < 4.78 is 31.7. The first-order valence-corrected chi connectivity index (χ1v) is 10.5. The molecule has 0 heterocycles. The minimum Gasteiger partial charge on any atom is -0.483 e. The van der Waals surface area contributed by atoms with E-state index in [-0.39, 0.29) is 17.4 Å². The van der Waals surface area contributed by atoms with Crippen molar-refractivity contribution in [2.75, 3.05) is 26.0 Å². The summed E-state index contributed by atoms with van der Waals surface area (Å²) >= 11 is 0. The molecule has 0 atom stereocenters. The van der Waals surface area contributed by atoms with E-state index in [0.717, 1.165) is 15.4 Å². The summed E-state index contributed by atoms with van der Waals surface area (Å²) in [5.41, 5.74) is 3.11. The molecule has 2 aromatic rings. The van der Waals surface area contributed by atoms with Crippen molar-refractivity contribution in [3.63, 3.8) is 0 Å². The van der Waals surface area contributed by atoms with E-state index < -0.39 is 10.0 Å². The number of carbonyl (C=O) groups excluding carboxylic acids is 1. The zero-order chi connectivity index (χ0) is 21.1. The number of sulfonamides is 1. The number of ether oxygens (including phenoxy) is 1. The highest BCUT2D eigenvalue weighted by Gasteiger charge is 2.20. The third kappa shape index (κ3) is 5.11. The van der Waals surface area contributed by atoms with Crippen molar-refractivity contribution in [2.45, 2.75) is 38.5 Å².